The second-order valence-corrected chi connectivity index (χ2v) is 9.07. The number of carbonyl (C=O) groups is 1. The van der Waals surface area contributed by atoms with E-state index in [1.54, 1.807) is 0 Å². The van der Waals surface area contributed by atoms with Crippen LogP contribution in [-0.2, 0) is 14.0 Å². The number of piperazine rings is 1. The Hall–Kier alpha value is -2.24. The number of hydrogen-bond donors (Lipinski definition) is 0. The molecule has 3 rings (SSSR count). The molecule has 2 fully saturated rings. The minimum atomic E-state index is -3.42. The van der Waals surface area contributed by atoms with Gasteiger partial charge >= 0.3 is 13.2 Å². The highest BCUT2D eigenvalue weighted by molar-refractivity contribution is 6.62. The van der Waals surface area contributed by atoms with Crippen molar-refractivity contribution in [1.29, 1.82) is 5.26 Å². The van der Waals surface area contributed by atoms with Crippen molar-refractivity contribution in [3.63, 3.8) is 0 Å². The summed E-state index contributed by atoms with van der Waals surface area (Å²) < 4.78 is 85.3. The van der Waals surface area contributed by atoms with Crippen molar-refractivity contribution in [3.8, 4) is 6.07 Å². The van der Waals surface area contributed by atoms with Crippen molar-refractivity contribution in [2.24, 2.45) is 0 Å². The zero-order valence-electron chi connectivity index (χ0n) is 26.3. The van der Waals surface area contributed by atoms with Gasteiger partial charge in [-0.05, 0) is 60.6 Å². The van der Waals surface area contributed by atoms with Crippen LogP contribution < -0.4 is 10.4 Å². The van der Waals surface area contributed by atoms with Crippen molar-refractivity contribution in [1.82, 2.24) is 4.90 Å². The third-order valence-electron chi connectivity index (χ3n) is 5.05. The molecule has 0 unspecified atom stereocenters. The van der Waals surface area contributed by atoms with Crippen LogP contribution in [0.3, 0.4) is 0 Å². The van der Waals surface area contributed by atoms with E-state index in [0.29, 0.717) is 0 Å². The van der Waals surface area contributed by atoms with Crippen LogP contribution in [0.1, 0.15) is 65.0 Å². The first-order valence-corrected chi connectivity index (χ1v) is 9.58. The van der Waals surface area contributed by atoms with Crippen LogP contribution in [0.5, 0.6) is 0 Å². The standard InChI is InChI=1S/C22H32BN3O4/c1-20(2,3)28-19(27)26-12-10-25(11-13-26)17-8-9-18(16(14-17)15-24)23-29-21(4,5)22(6,7)30-23/h8-9,14H,10-13H2,1-7H3/i10D2,11D2,12D2,13D2. The number of carbonyl (C=O) groups excluding carboxylic acids is 1. The second-order valence-electron chi connectivity index (χ2n) is 9.07. The normalized spacial score (nSPS) is 31.5. The van der Waals surface area contributed by atoms with Crippen LogP contribution in [0.4, 0.5) is 10.5 Å². The maximum Gasteiger partial charge on any atom is 0.496 e. The van der Waals surface area contributed by atoms with E-state index in [1.807, 2.05) is 33.8 Å². The molecule has 0 N–H and O–H groups in total. The van der Waals surface area contributed by atoms with Gasteiger partial charge in [0.15, 0.2) is 0 Å². The Morgan fingerprint density at radius 1 is 1.17 bits per heavy atom. The Morgan fingerprint density at radius 2 is 1.73 bits per heavy atom. The van der Waals surface area contributed by atoms with E-state index in [0.717, 1.165) is 6.07 Å². The highest BCUT2D eigenvalue weighted by Crippen LogP contribution is 2.37. The maximum absolute atomic E-state index is 12.9. The lowest BCUT2D eigenvalue weighted by atomic mass is 9.76. The minimum Gasteiger partial charge on any atom is -0.444 e. The summed E-state index contributed by atoms with van der Waals surface area (Å²) in [5, 5.41) is 9.87. The maximum atomic E-state index is 12.9. The van der Waals surface area contributed by atoms with Gasteiger partial charge < -0.3 is 23.8 Å². The third kappa shape index (κ3) is 4.58. The van der Waals surface area contributed by atoms with Gasteiger partial charge in [-0.15, -0.1) is 0 Å². The predicted octanol–water partition coefficient (Wildman–Crippen LogP) is 2.91. The summed E-state index contributed by atoms with van der Waals surface area (Å²) in [5.41, 5.74) is -2.74. The van der Waals surface area contributed by atoms with Crippen molar-refractivity contribution in [3.05, 3.63) is 23.8 Å². The molecule has 1 aromatic carbocycles. The number of rotatable bonds is 2. The van der Waals surface area contributed by atoms with Crippen LogP contribution in [0.2, 0.25) is 0 Å². The van der Waals surface area contributed by atoms with Crippen LogP contribution in [-0.4, -0.2) is 60.9 Å². The molecule has 0 aliphatic carbocycles. The third-order valence-corrected chi connectivity index (χ3v) is 5.05. The van der Waals surface area contributed by atoms with E-state index in [-0.39, 0.29) is 26.5 Å². The minimum absolute atomic E-state index is 0.0664. The predicted molar refractivity (Wildman–Crippen MR) is 117 cm³/mol. The molecule has 0 atom stereocenters. The molecule has 0 radical (unpaired) electrons. The molecule has 30 heavy (non-hydrogen) atoms. The molecular weight excluding hydrogens is 381 g/mol. The lowest BCUT2D eigenvalue weighted by molar-refractivity contribution is 0.00578. The van der Waals surface area contributed by atoms with Gasteiger partial charge in [0.25, 0.3) is 0 Å². The Morgan fingerprint density at radius 3 is 2.23 bits per heavy atom. The first-order chi connectivity index (χ1) is 16.8. The van der Waals surface area contributed by atoms with Crippen molar-refractivity contribution >= 4 is 24.4 Å². The van der Waals surface area contributed by atoms with Crippen molar-refractivity contribution in [2.45, 2.75) is 65.3 Å². The molecule has 7 nitrogen and oxygen atoms in total. The molecule has 1 amide bonds. The van der Waals surface area contributed by atoms with Gasteiger partial charge in [-0.2, -0.15) is 5.26 Å². The number of ether oxygens (including phenoxy) is 1. The topological polar surface area (TPSA) is 75.0 Å². The second kappa shape index (κ2) is 7.79. The zero-order valence-corrected chi connectivity index (χ0v) is 18.3. The fraction of sp³-hybridized carbons (Fsp3) is 0.636. The summed E-state index contributed by atoms with van der Waals surface area (Å²) in [7, 11) is -0.959. The summed E-state index contributed by atoms with van der Waals surface area (Å²) in [6.45, 7) is -1.80. The first-order valence-electron chi connectivity index (χ1n) is 13.6. The molecule has 2 aliphatic heterocycles. The highest BCUT2D eigenvalue weighted by atomic mass is 16.7. The van der Waals surface area contributed by atoms with Crippen LogP contribution in [0.15, 0.2) is 18.2 Å². The molecule has 8 heteroatoms. The van der Waals surface area contributed by atoms with E-state index in [2.05, 4.69) is 0 Å². The van der Waals surface area contributed by atoms with Gasteiger partial charge in [-0.1, -0.05) is 6.07 Å². The van der Waals surface area contributed by atoms with Crippen molar-refractivity contribution in [2.75, 3.05) is 30.9 Å². The number of nitrogens with zero attached hydrogens (tertiary/aromatic N) is 3. The van der Waals surface area contributed by atoms with Crippen LogP contribution in [0, 0.1) is 11.3 Å². The van der Waals surface area contributed by atoms with Gasteiger partial charge in [0, 0.05) is 37.1 Å². The fourth-order valence-electron chi connectivity index (χ4n) is 2.74. The summed E-state index contributed by atoms with van der Waals surface area (Å²) in [5.74, 6) is 0. The molecule has 0 aromatic heterocycles. The van der Waals surface area contributed by atoms with Gasteiger partial charge in [0.05, 0.1) is 33.8 Å². The van der Waals surface area contributed by atoms with E-state index < -0.39 is 56.0 Å². The summed E-state index contributed by atoms with van der Waals surface area (Å²) in [6, 6.07) is 5.67. The smallest absolute Gasteiger partial charge is 0.444 e. The number of anilines is 1. The van der Waals surface area contributed by atoms with Gasteiger partial charge in [0.2, 0.25) is 0 Å². The van der Waals surface area contributed by atoms with Gasteiger partial charge in [-0.3, -0.25) is 0 Å². The fourth-order valence-corrected chi connectivity index (χ4v) is 2.74. The van der Waals surface area contributed by atoms with Crippen LogP contribution >= 0.6 is 0 Å². The Bertz CT molecular complexity index is 1140. The van der Waals surface area contributed by atoms with E-state index in [1.165, 1.54) is 32.9 Å². The molecule has 2 aliphatic rings. The highest BCUT2D eigenvalue weighted by Gasteiger charge is 2.52. The molecule has 1 aromatic rings. The monoisotopic (exact) mass is 421 g/mol. The Labute approximate surface area is 191 Å². The number of benzene rings is 1. The van der Waals surface area contributed by atoms with E-state index in [9.17, 15) is 10.1 Å². The number of amides is 1. The summed E-state index contributed by atoms with van der Waals surface area (Å²) >= 11 is 0. The molecule has 0 saturated carbocycles. The number of nitriles is 1. The molecule has 0 spiro atoms. The molecule has 2 heterocycles. The first kappa shape index (κ1) is 13.9. The van der Waals surface area contributed by atoms with Crippen LogP contribution in [0.25, 0.3) is 0 Å². The molecule has 2 saturated heterocycles. The summed E-state index contributed by atoms with van der Waals surface area (Å²) in [6.07, 6.45) is -1.56. The molecule has 162 valence electrons. The lowest BCUT2D eigenvalue weighted by Gasteiger charge is -2.36. The molecule has 0 bridgehead atoms. The van der Waals surface area contributed by atoms with Crippen molar-refractivity contribution < 1.29 is 29.8 Å². The van der Waals surface area contributed by atoms with E-state index >= 15 is 0 Å². The summed E-state index contributed by atoms with van der Waals surface area (Å²) in [4.78, 5) is 13.0. The molecular formula is C22H32BN3O4. The number of hydrogen-bond acceptors (Lipinski definition) is 6. The van der Waals surface area contributed by atoms with Gasteiger partial charge in [-0.25, -0.2) is 4.79 Å². The largest absolute Gasteiger partial charge is 0.496 e. The SMILES string of the molecule is [2H]C1([2H])N(C(=O)OC(C)(C)C)C([2H])([2H])C([2H])([2H])N(c2ccc(B3OC(C)(C)C(C)(C)O3)c(C#N)c2)C1([2H])[2H]. The quantitative estimate of drug-likeness (QED) is 0.684. The lowest BCUT2D eigenvalue weighted by Crippen LogP contribution is -2.50. The Balaban J connectivity index is 2.14. The zero-order chi connectivity index (χ0) is 29.5. The average Bonchev–Trinajstić information content (AvgIpc) is 2.91. The Kier molecular flexibility index (Phi) is 3.62. The van der Waals surface area contributed by atoms with E-state index in [4.69, 9.17) is 25.0 Å². The van der Waals surface area contributed by atoms with Gasteiger partial charge in [0.1, 0.15) is 5.60 Å². The average molecular weight is 421 g/mol.